The molecule has 1 atom stereocenters. The van der Waals surface area contributed by atoms with Crippen LogP contribution in [0, 0.1) is 0 Å². The van der Waals surface area contributed by atoms with Crippen molar-refractivity contribution >= 4 is 5.91 Å². The van der Waals surface area contributed by atoms with Gasteiger partial charge in [0.1, 0.15) is 5.75 Å². The number of rotatable bonds is 2. The number of nitrogens with one attached hydrogen (secondary N) is 1. The van der Waals surface area contributed by atoms with E-state index in [1.54, 1.807) is 7.11 Å². The average Bonchev–Trinajstić information content (AvgIpc) is 2.30. The first-order chi connectivity index (χ1) is 7.31. The maximum Gasteiger partial charge on any atom is 0.227 e. The lowest BCUT2D eigenvalue weighted by atomic mass is 9.91. The molecule has 0 aromatic heterocycles. The third kappa shape index (κ3) is 2.12. The Morgan fingerprint density at radius 3 is 3.07 bits per heavy atom. The number of piperidine rings is 1. The Kier molecular flexibility index (Phi) is 2.90. The van der Waals surface area contributed by atoms with Gasteiger partial charge in [0, 0.05) is 6.54 Å². The second kappa shape index (κ2) is 4.34. The van der Waals surface area contributed by atoms with Crippen molar-refractivity contribution in [2.45, 2.75) is 18.8 Å². The normalized spacial score (nSPS) is 20.9. The lowest BCUT2D eigenvalue weighted by molar-refractivity contribution is -0.123. The minimum absolute atomic E-state index is 0.00569. The number of benzene rings is 1. The van der Waals surface area contributed by atoms with E-state index in [9.17, 15) is 4.79 Å². The van der Waals surface area contributed by atoms with Crippen LogP contribution in [0.1, 0.15) is 24.3 Å². The van der Waals surface area contributed by atoms with Crippen LogP contribution in [0.5, 0.6) is 5.75 Å². The van der Waals surface area contributed by atoms with Crippen LogP contribution in [0.4, 0.5) is 0 Å². The maximum absolute atomic E-state index is 11.6. The first-order valence-electron chi connectivity index (χ1n) is 5.23. The Morgan fingerprint density at radius 1 is 1.47 bits per heavy atom. The van der Waals surface area contributed by atoms with Crippen molar-refractivity contribution in [2.75, 3.05) is 13.7 Å². The second-order valence-corrected chi connectivity index (χ2v) is 3.76. The summed E-state index contributed by atoms with van der Waals surface area (Å²) in [6, 6.07) is 7.74. The Morgan fingerprint density at radius 2 is 2.33 bits per heavy atom. The zero-order valence-corrected chi connectivity index (χ0v) is 8.82. The van der Waals surface area contributed by atoms with E-state index >= 15 is 0 Å². The highest BCUT2D eigenvalue weighted by molar-refractivity contribution is 5.84. The van der Waals surface area contributed by atoms with Crippen LogP contribution >= 0.6 is 0 Å². The highest BCUT2D eigenvalue weighted by atomic mass is 16.5. The third-order valence-electron chi connectivity index (χ3n) is 2.78. The number of amides is 1. The fourth-order valence-corrected chi connectivity index (χ4v) is 1.95. The minimum atomic E-state index is -0.00569. The van der Waals surface area contributed by atoms with E-state index in [0.29, 0.717) is 0 Å². The van der Waals surface area contributed by atoms with Crippen LogP contribution in [-0.4, -0.2) is 19.6 Å². The molecule has 1 N–H and O–H groups in total. The SMILES string of the molecule is COc1cccc([C@H]2CCCNC2=O)c1. The van der Waals surface area contributed by atoms with E-state index in [4.69, 9.17) is 4.74 Å². The van der Waals surface area contributed by atoms with Gasteiger partial charge in [-0.15, -0.1) is 0 Å². The summed E-state index contributed by atoms with van der Waals surface area (Å²) in [5.41, 5.74) is 1.05. The topological polar surface area (TPSA) is 38.3 Å². The number of hydrogen-bond donors (Lipinski definition) is 1. The lowest BCUT2D eigenvalue weighted by Crippen LogP contribution is -2.34. The van der Waals surface area contributed by atoms with Gasteiger partial charge in [0.15, 0.2) is 0 Å². The molecular weight excluding hydrogens is 190 g/mol. The van der Waals surface area contributed by atoms with Crippen molar-refractivity contribution in [3.05, 3.63) is 29.8 Å². The van der Waals surface area contributed by atoms with Crippen molar-refractivity contribution in [2.24, 2.45) is 0 Å². The summed E-state index contributed by atoms with van der Waals surface area (Å²) in [4.78, 5) is 11.6. The summed E-state index contributed by atoms with van der Waals surface area (Å²) in [5.74, 6) is 0.939. The van der Waals surface area contributed by atoms with E-state index in [2.05, 4.69) is 5.32 Å². The molecule has 1 amide bonds. The number of carbonyl (C=O) groups excluding carboxylic acids is 1. The molecule has 80 valence electrons. The molecule has 0 spiro atoms. The van der Waals surface area contributed by atoms with Gasteiger partial charge in [-0.1, -0.05) is 12.1 Å². The van der Waals surface area contributed by atoms with Crippen molar-refractivity contribution < 1.29 is 9.53 Å². The van der Waals surface area contributed by atoms with E-state index < -0.39 is 0 Å². The molecule has 1 heterocycles. The van der Waals surface area contributed by atoms with Gasteiger partial charge in [-0.3, -0.25) is 4.79 Å². The van der Waals surface area contributed by atoms with Crippen LogP contribution in [0.25, 0.3) is 0 Å². The summed E-state index contributed by atoms with van der Waals surface area (Å²) in [5, 5.41) is 2.89. The molecular formula is C12H15NO2. The molecule has 1 aliphatic rings. The van der Waals surface area contributed by atoms with Crippen molar-refractivity contribution in [1.82, 2.24) is 5.32 Å². The Bertz CT molecular complexity index is 362. The van der Waals surface area contributed by atoms with E-state index in [1.165, 1.54) is 0 Å². The van der Waals surface area contributed by atoms with Gasteiger partial charge in [0.2, 0.25) is 5.91 Å². The summed E-state index contributed by atoms with van der Waals surface area (Å²) < 4.78 is 5.15. The predicted molar refractivity (Wildman–Crippen MR) is 58.0 cm³/mol. The van der Waals surface area contributed by atoms with Crippen molar-refractivity contribution in [3.8, 4) is 5.75 Å². The van der Waals surface area contributed by atoms with Gasteiger partial charge in [-0.2, -0.15) is 0 Å². The van der Waals surface area contributed by atoms with Crippen LogP contribution in [0.3, 0.4) is 0 Å². The molecule has 1 saturated heterocycles. The molecule has 0 radical (unpaired) electrons. The average molecular weight is 205 g/mol. The molecule has 1 aromatic carbocycles. The van der Waals surface area contributed by atoms with Crippen LogP contribution < -0.4 is 10.1 Å². The van der Waals surface area contributed by atoms with Crippen molar-refractivity contribution in [1.29, 1.82) is 0 Å². The van der Waals surface area contributed by atoms with Crippen LogP contribution in [-0.2, 0) is 4.79 Å². The molecule has 0 aliphatic carbocycles. The molecule has 0 bridgehead atoms. The van der Waals surface area contributed by atoms with E-state index in [0.717, 1.165) is 30.7 Å². The largest absolute Gasteiger partial charge is 0.497 e. The molecule has 15 heavy (non-hydrogen) atoms. The predicted octanol–water partition coefficient (Wildman–Crippen LogP) is 1.69. The van der Waals surface area contributed by atoms with Gasteiger partial charge < -0.3 is 10.1 Å². The van der Waals surface area contributed by atoms with Gasteiger partial charge in [0.05, 0.1) is 13.0 Å². The highest BCUT2D eigenvalue weighted by Gasteiger charge is 2.23. The van der Waals surface area contributed by atoms with Crippen LogP contribution in [0.2, 0.25) is 0 Å². The summed E-state index contributed by atoms with van der Waals surface area (Å²) in [7, 11) is 1.64. The summed E-state index contributed by atoms with van der Waals surface area (Å²) in [6.07, 6.45) is 1.98. The van der Waals surface area contributed by atoms with Gasteiger partial charge in [-0.25, -0.2) is 0 Å². The first-order valence-corrected chi connectivity index (χ1v) is 5.23. The zero-order valence-electron chi connectivity index (χ0n) is 8.82. The monoisotopic (exact) mass is 205 g/mol. The standard InChI is InChI=1S/C12H15NO2/c1-15-10-5-2-4-9(8-10)11-6-3-7-13-12(11)14/h2,4-5,8,11H,3,6-7H2,1H3,(H,13,14)/t11-/m1/s1. The van der Waals surface area contributed by atoms with Crippen LogP contribution in [0.15, 0.2) is 24.3 Å². The molecule has 1 aliphatic heterocycles. The molecule has 3 heteroatoms. The highest BCUT2D eigenvalue weighted by Crippen LogP contribution is 2.26. The van der Waals surface area contributed by atoms with E-state index in [-0.39, 0.29) is 11.8 Å². The van der Waals surface area contributed by atoms with Crippen molar-refractivity contribution in [3.63, 3.8) is 0 Å². The maximum atomic E-state index is 11.6. The summed E-state index contributed by atoms with van der Waals surface area (Å²) >= 11 is 0. The fourth-order valence-electron chi connectivity index (χ4n) is 1.95. The van der Waals surface area contributed by atoms with Gasteiger partial charge in [-0.05, 0) is 30.5 Å². The number of ether oxygens (including phenoxy) is 1. The second-order valence-electron chi connectivity index (χ2n) is 3.76. The first kappa shape index (κ1) is 10.0. The quantitative estimate of drug-likeness (QED) is 0.797. The third-order valence-corrected chi connectivity index (χ3v) is 2.78. The van der Waals surface area contributed by atoms with E-state index in [1.807, 2.05) is 24.3 Å². The lowest BCUT2D eigenvalue weighted by Gasteiger charge is -2.22. The molecule has 0 saturated carbocycles. The van der Waals surface area contributed by atoms with Gasteiger partial charge in [0.25, 0.3) is 0 Å². The zero-order chi connectivity index (χ0) is 10.7. The number of methoxy groups -OCH3 is 1. The Balaban J connectivity index is 2.23. The fraction of sp³-hybridized carbons (Fsp3) is 0.417. The Labute approximate surface area is 89.4 Å². The molecule has 1 fully saturated rings. The smallest absolute Gasteiger partial charge is 0.227 e. The minimum Gasteiger partial charge on any atom is -0.497 e. The summed E-state index contributed by atoms with van der Waals surface area (Å²) in [6.45, 7) is 0.805. The van der Waals surface area contributed by atoms with Gasteiger partial charge >= 0.3 is 0 Å². The molecule has 0 unspecified atom stereocenters. The molecule has 1 aromatic rings. The Hall–Kier alpha value is -1.51. The molecule has 3 nitrogen and oxygen atoms in total. The molecule has 2 rings (SSSR count). The number of hydrogen-bond acceptors (Lipinski definition) is 2. The number of carbonyl (C=O) groups is 1.